The Kier molecular flexibility index (Phi) is 8.84. The monoisotopic (exact) mass is 577 g/mol. The van der Waals surface area contributed by atoms with E-state index in [4.69, 9.17) is 9.72 Å². The Bertz CT molecular complexity index is 1610. The summed E-state index contributed by atoms with van der Waals surface area (Å²) in [7, 11) is 3.99. The summed E-state index contributed by atoms with van der Waals surface area (Å²) in [6, 6.07) is 17.3. The highest BCUT2D eigenvalue weighted by Crippen LogP contribution is 2.40. The van der Waals surface area contributed by atoms with Crippen LogP contribution in [0.25, 0.3) is 10.8 Å². The summed E-state index contributed by atoms with van der Waals surface area (Å²) in [4.78, 5) is 25.9. The van der Waals surface area contributed by atoms with Crippen LogP contribution in [-0.4, -0.2) is 79.7 Å². The molecule has 0 aliphatic carbocycles. The van der Waals surface area contributed by atoms with Crippen LogP contribution in [0.3, 0.4) is 0 Å². The second-order valence-electron chi connectivity index (χ2n) is 11.6. The van der Waals surface area contributed by atoms with Crippen molar-refractivity contribution in [2.75, 3.05) is 56.7 Å². The SMILES string of the molecule is C=CC(=O)N1CCN(c2c(C#N)c(OCC(C)N(C)C)nc3c2CCN(c2cccc4cccc(C)c24)C3)CC1CC#N. The summed E-state index contributed by atoms with van der Waals surface area (Å²) in [5.74, 6) is 0.155. The van der Waals surface area contributed by atoms with Crippen LogP contribution < -0.4 is 14.5 Å². The second kappa shape index (κ2) is 12.7. The maximum atomic E-state index is 12.6. The van der Waals surface area contributed by atoms with Crippen LogP contribution in [0, 0.1) is 29.6 Å². The van der Waals surface area contributed by atoms with Gasteiger partial charge < -0.3 is 24.3 Å². The molecular formula is C34H39N7O2. The van der Waals surface area contributed by atoms with E-state index in [0.717, 1.165) is 23.5 Å². The van der Waals surface area contributed by atoms with E-state index in [1.165, 1.54) is 28.1 Å². The van der Waals surface area contributed by atoms with Crippen molar-refractivity contribution in [3.05, 3.63) is 71.4 Å². The van der Waals surface area contributed by atoms with Crippen molar-refractivity contribution in [2.45, 2.75) is 45.3 Å². The number of pyridine rings is 1. The average Bonchev–Trinajstić information content (AvgIpc) is 3.02. The van der Waals surface area contributed by atoms with Crippen molar-refractivity contribution in [3.8, 4) is 18.0 Å². The summed E-state index contributed by atoms with van der Waals surface area (Å²) in [6.45, 7) is 11.0. The van der Waals surface area contributed by atoms with Gasteiger partial charge in [-0.1, -0.05) is 36.9 Å². The Labute approximate surface area is 254 Å². The standard InChI is InChI=1S/C34H39N7O2/c1-6-31(42)41-18-17-40(20-26(41)13-15-35)33-27-14-16-39(30-12-8-11-25-10-7-9-23(2)32(25)30)21-29(27)37-34(28(33)19-36)43-22-24(3)38(4)5/h6-12,24,26H,1,13-14,16-18,20-22H2,2-5H3. The highest BCUT2D eigenvalue weighted by molar-refractivity contribution is 5.97. The number of aromatic nitrogens is 1. The number of likely N-dealkylation sites (N-methyl/N-ethyl adjacent to an activating group) is 1. The minimum absolute atomic E-state index is 0.122. The third-order valence-corrected chi connectivity index (χ3v) is 8.76. The first-order valence-electron chi connectivity index (χ1n) is 14.8. The Morgan fingerprint density at radius 2 is 1.95 bits per heavy atom. The summed E-state index contributed by atoms with van der Waals surface area (Å²) in [6.07, 6.45) is 2.21. The number of fused-ring (bicyclic) bond motifs is 2. The van der Waals surface area contributed by atoms with Crippen LogP contribution in [0.2, 0.25) is 0 Å². The van der Waals surface area contributed by atoms with Gasteiger partial charge in [-0.2, -0.15) is 10.5 Å². The van der Waals surface area contributed by atoms with E-state index in [1.807, 2.05) is 14.1 Å². The molecule has 1 aromatic heterocycles. The van der Waals surface area contributed by atoms with E-state index >= 15 is 0 Å². The largest absolute Gasteiger partial charge is 0.475 e. The number of nitriles is 2. The molecule has 2 aliphatic rings. The Morgan fingerprint density at radius 1 is 1.19 bits per heavy atom. The molecule has 3 heterocycles. The minimum atomic E-state index is -0.309. The van der Waals surface area contributed by atoms with Gasteiger partial charge in [0.1, 0.15) is 18.2 Å². The number of piperazine rings is 1. The molecule has 5 rings (SSSR count). The van der Waals surface area contributed by atoms with Crippen molar-refractivity contribution >= 4 is 28.1 Å². The Hall–Kier alpha value is -4.60. The van der Waals surface area contributed by atoms with Gasteiger partial charge in [0, 0.05) is 48.9 Å². The van der Waals surface area contributed by atoms with Crippen molar-refractivity contribution in [3.63, 3.8) is 0 Å². The number of hydrogen-bond donors (Lipinski definition) is 0. The van der Waals surface area contributed by atoms with Crippen LogP contribution in [0.15, 0.2) is 49.1 Å². The zero-order valence-electron chi connectivity index (χ0n) is 25.5. The van der Waals surface area contributed by atoms with Gasteiger partial charge in [0.05, 0.1) is 36.5 Å². The molecule has 1 amide bonds. The number of amides is 1. The van der Waals surface area contributed by atoms with E-state index in [2.05, 4.69) is 83.7 Å². The van der Waals surface area contributed by atoms with Crippen molar-refractivity contribution < 1.29 is 9.53 Å². The number of carbonyl (C=O) groups excluding carboxylic acids is 1. The molecule has 2 aliphatic heterocycles. The molecule has 2 aromatic carbocycles. The molecule has 2 atom stereocenters. The first-order valence-corrected chi connectivity index (χ1v) is 14.8. The van der Waals surface area contributed by atoms with Crippen LogP contribution >= 0.6 is 0 Å². The van der Waals surface area contributed by atoms with Crippen LogP contribution in [0.1, 0.15) is 35.7 Å². The lowest BCUT2D eigenvalue weighted by molar-refractivity contribution is -0.128. The third-order valence-electron chi connectivity index (χ3n) is 8.76. The van der Waals surface area contributed by atoms with Gasteiger partial charge >= 0.3 is 0 Å². The molecule has 0 saturated carbocycles. The summed E-state index contributed by atoms with van der Waals surface area (Å²) in [5, 5.41) is 22.5. The topological polar surface area (TPSA) is 99.7 Å². The molecule has 0 spiro atoms. The number of aryl methyl sites for hydroxylation is 1. The molecule has 0 radical (unpaired) electrons. The average molecular weight is 578 g/mol. The first kappa shape index (κ1) is 29.9. The zero-order chi connectivity index (χ0) is 30.7. The number of benzene rings is 2. The Balaban J connectivity index is 1.58. The normalized spacial score (nSPS) is 17.3. The fourth-order valence-corrected chi connectivity index (χ4v) is 6.16. The van der Waals surface area contributed by atoms with Gasteiger partial charge in [-0.05, 0) is 57.5 Å². The van der Waals surface area contributed by atoms with E-state index < -0.39 is 0 Å². The lowest BCUT2D eigenvalue weighted by atomic mass is 9.95. The molecule has 222 valence electrons. The molecule has 0 N–H and O–H groups in total. The van der Waals surface area contributed by atoms with Gasteiger partial charge in [-0.25, -0.2) is 4.98 Å². The number of nitrogens with zero attached hydrogens (tertiary/aromatic N) is 7. The fraction of sp³-hybridized carbons (Fsp3) is 0.412. The van der Waals surface area contributed by atoms with Gasteiger partial charge in [0.2, 0.25) is 11.8 Å². The molecule has 1 fully saturated rings. The third kappa shape index (κ3) is 5.86. The number of rotatable bonds is 8. The maximum absolute atomic E-state index is 12.6. The van der Waals surface area contributed by atoms with Gasteiger partial charge in [0.25, 0.3) is 0 Å². The number of carbonyl (C=O) groups is 1. The highest BCUT2D eigenvalue weighted by atomic mass is 16.5. The summed E-state index contributed by atoms with van der Waals surface area (Å²) >= 11 is 0. The van der Waals surface area contributed by atoms with E-state index in [-0.39, 0.29) is 24.4 Å². The van der Waals surface area contributed by atoms with Gasteiger partial charge in [-0.3, -0.25) is 4.79 Å². The lowest BCUT2D eigenvalue weighted by Gasteiger charge is -2.43. The summed E-state index contributed by atoms with van der Waals surface area (Å²) in [5.41, 5.74) is 5.56. The number of ether oxygens (including phenoxy) is 1. The highest BCUT2D eigenvalue weighted by Gasteiger charge is 2.35. The van der Waals surface area contributed by atoms with Crippen LogP contribution in [0.4, 0.5) is 11.4 Å². The smallest absolute Gasteiger partial charge is 0.246 e. The second-order valence-corrected chi connectivity index (χ2v) is 11.6. The quantitative estimate of drug-likeness (QED) is 0.363. The molecular weight excluding hydrogens is 538 g/mol. The fourth-order valence-electron chi connectivity index (χ4n) is 6.16. The predicted octanol–water partition coefficient (Wildman–Crippen LogP) is 4.42. The minimum Gasteiger partial charge on any atom is -0.475 e. The molecule has 9 nitrogen and oxygen atoms in total. The number of hydrogen-bond acceptors (Lipinski definition) is 8. The molecule has 43 heavy (non-hydrogen) atoms. The van der Waals surface area contributed by atoms with Gasteiger partial charge in [-0.15, -0.1) is 0 Å². The number of anilines is 2. The van der Waals surface area contributed by atoms with E-state index in [0.29, 0.717) is 50.7 Å². The maximum Gasteiger partial charge on any atom is 0.246 e. The molecule has 0 bridgehead atoms. The molecule has 9 heteroatoms. The van der Waals surface area contributed by atoms with E-state index in [1.54, 1.807) is 4.90 Å². The summed E-state index contributed by atoms with van der Waals surface area (Å²) < 4.78 is 6.28. The van der Waals surface area contributed by atoms with Crippen LogP contribution in [-0.2, 0) is 17.8 Å². The predicted molar refractivity (Wildman–Crippen MR) is 169 cm³/mol. The molecule has 2 unspecified atom stereocenters. The van der Waals surface area contributed by atoms with Crippen molar-refractivity contribution in [2.24, 2.45) is 0 Å². The van der Waals surface area contributed by atoms with Gasteiger partial charge in [0.15, 0.2) is 0 Å². The van der Waals surface area contributed by atoms with Crippen molar-refractivity contribution in [1.29, 1.82) is 10.5 Å². The Morgan fingerprint density at radius 3 is 2.65 bits per heavy atom. The van der Waals surface area contributed by atoms with Crippen LogP contribution in [0.5, 0.6) is 5.88 Å². The van der Waals surface area contributed by atoms with Crippen molar-refractivity contribution in [1.82, 2.24) is 14.8 Å². The first-order chi connectivity index (χ1) is 20.8. The van der Waals surface area contributed by atoms with E-state index in [9.17, 15) is 15.3 Å². The lowest BCUT2D eigenvalue weighted by Crippen LogP contribution is -2.55. The molecule has 3 aromatic rings. The zero-order valence-corrected chi connectivity index (χ0v) is 25.5. The molecule has 1 saturated heterocycles.